The fourth-order valence-electron chi connectivity index (χ4n) is 3.79. The summed E-state index contributed by atoms with van der Waals surface area (Å²) in [4.78, 5) is 30.1. The average Bonchev–Trinajstić information content (AvgIpc) is 3.25. The molecule has 1 aromatic carbocycles. The van der Waals surface area contributed by atoms with Crippen LogP contribution in [0.15, 0.2) is 35.6 Å². The fraction of sp³-hybridized carbons (Fsp3) is 0.278. The minimum absolute atomic E-state index is 0.0580. The van der Waals surface area contributed by atoms with Crippen molar-refractivity contribution in [1.82, 2.24) is 4.98 Å². The third kappa shape index (κ3) is 2.48. The van der Waals surface area contributed by atoms with Gasteiger partial charge in [-0.05, 0) is 41.3 Å². The first-order chi connectivity index (χ1) is 13.2. The van der Waals surface area contributed by atoms with E-state index in [1.807, 2.05) is 6.07 Å². The van der Waals surface area contributed by atoms with E-state index < -0.39 is 11.8 Å². The summed E-state index contributed by atoms with van der Waals surface area (Å²) in [5.41, 5.74) is 10.2. The molecule has 1 saturated carbocycles. The van der Waals surface area contributed by atoms with E-state index in [0.29, 0.717) is 35.9 Å². The van der Waals surface area contributed by atoms with E-state index in [0.717, 1.165) is 11.1 Å². The summed E-state index contributed by atoms with van der Waals surface area (Å²) in [6.45, 7) is 0. The van der Waals surface area contributed by atoms with Gasteiger partial charge >= 0.3 is 0 Å². The normalized spacial score (nSPS) is 23.7. The summed E-state index contributed by atoms with van der Waals surface area (Å²) < 4.78 is 11.8. The Morgan fingerprint density at radius 2 is 2.26 bits per heavy atom. The number of hydrogen-bond acceptors (Lipinski definition) is 5. The van der Waals surface area contributed by atoms with Crippen LogP contribution in [0.25, 0.3) is 10.4 Å². The number of amides is 2. The van der Waals surface area contributed by atoms with E-state index >= 15 is 0 Å². The summed E-state index contributed by atoms with van der Waals surface area (Å²) in [6, 6.07) is 7.20. The highest BCUT2D eigenvalue weighted by Gasteiger charge is 2.62. The summed E-state index contributed by atoms with van der Waals surface area (Å²) in [5.74, 6) is 1.39. The van der Waals surface area contributed by atoms with Crippen molar-refractivity contribution in [1.29, 1.82) is 0 Å². The van der Waals surface area contributed by atoms with E-state index in [1.54, 1.807) is 24.4 Å². The highest BCUT2D eigenvalue weighted by molar-refractivity contribution is 5.93. The SMILES string of the molecule is [N-]=[N+]=NC(=O)[C@H]1C2Oc3ccc(Oc4ccnc5c4CCC(=O)N5)cc3C21. The molecule has 2 aromatic rings. The molecule has 0 radical (unpaired) electrons. The van der Waals surface area contributed by atoms with Gasteiger partial charge in [0.05, 0.1) is 5.92 Å². The minimum atomic E-state index is -0.497. The number of hydrogen-bond donors (Lipinski definition) is 1. The Bertz CT molecular complexity index is 1050. The number of ether oxygens (including phenoxy) is 2. The molecule has 0 spiro atoms. The van der Waals surface area contributed by atoms with E-state index in [2.05, 4.69) is 20.3 Å². The van der Waals surface area contributed by atoms with Crippen molar-refractivity contribution in [3.05, 3.63) is 52.0 Å². The van der Waals surface area contributed by atoms with Crippen molar-refractivity contribution >= 4 is 17.6 Å². The van der Waals surface area contributed by atoms with E-state index in [1.165, 1.54) is 0 Å². The zero-order chi connectivity index (χ0) is 18.5. The van der Waals surface area contributed by atoms with E-state index in [4.69, 9.17) is 15.0 Å². The maximum absolute atomic E-state index is 11.8. The second kappa shape index (κ2) is 5.72. The largest absolute Gasteiger partial charge is 0.489 e. The number of rotatable bonds is 3. The van der Waals surface area contributed by atoms with Crippen LogP contribution in [0.1, 0.15) is 23.5 Å². The molecule has 0 bridgehead atoms. The number of carbonyl (C=O) groups is 2. The summed E-state index contributed by atoms with van der Waals surface area (Å²) in [5, 5.41) is 5.92. The van der Waals surface area contributed by atoms with Gasteiger partial charge in [0.25, 0.3) is 0 Å². The first-order valence-corrected chi connectivity index (χ1v) is 8.51. The van der Waals surface area contributed by atoms with Crippen LogP contribution in [-0.4, -0.2) is 22.9 Å². The van der Waals surface area contributed by atoms with Crippen LogP contribution in [0.5, 0.6) is 17.2 Å². The van der Waals surface area contributed by atoms with Crippen molar-refractivity contribution in [2.75, 3.05) is 5.32 Å². The van der Waals surface area contributed by atoms with Crippen molar-refractivity contribution < 1.29 is 19.1 Å². The Balaban J connectivity index is 1.42. The van der Waals surface area contributed by atoms with Gasteiger partial charge in [-0.25, -0.2) is 4.98 Å². The minimum Gasteiger partial charge on any atom is -0.489 e. The fourth-order valence-corrected chi connectivity index (χ4v) is 3.79. The second-order valence-electron chi connectivity index (χ2n) is 6.65. The quantitative estimate of drug-likeness (QED) is 0.509. The average molecular weight is 363 g/mol. The van der Waals surface area contributed by atoms with Gasteiger partial charge in [-0.2, -0.15) is 0 Å². The van der Waals surface area contributed by atoms with Crippen molar-refractivity contribution in [3.63, 3.8) is 0 Å². The lowest BCUT2D eigenvalue weighted by molar-refractivity contribution is -0.120. The highest BCUT2D eigenvalue weighted by Crippen LogP contribution is 2.59. The van der Waals surface area contributed by atoms with Gasteiger partial charge in [0.1, 0.15) is 29.2 Å². The second-order valence-corrected chi connectivity index (χ2v) is 6.65. The monoisotopic (exact) mass is 363 g/mol. The molecule has 1 aromatic heterocycles. The lowest BCUT2D eigenvalue weighted by atomic mass is 10.1. The molecule has 9 nitrogen and oxygen atoms in total. The highest BCUT2D eigenvalue weighted by atomic mass is 16.5. The third-order valence-corrected chi connectivity index (χ3v) is 5.09. The molecule has 3 aliphatic rings. The van der Waals surface area contributed by atoms with Crippen molar-refractivity contribution in [3.8, 4) is 17.2 Å². The number of aromatic nitrogens is 1. The summed E-state index contributed by atoms with van der Waals surface area (Å²) in [6.07, 6.45) is 2.27. The van der Waals surface area contributed by atoms with Gasteiger partial charge in [0, 0.05) is 34.6 Å². The molecule has 0 saturated heterocycles. The standard InChI is InChI=1S/C18H13N5O4/c19-23-22-18(25)15-14-10-7-8(1-3-11(10)27-16(14)15)26-12-5-6-20-17-9(12)2-4-13(24)21-17/h1,3,5-7,14-16H,2,4H2,(H,20,21,24)/t14?,15-,16?/m1/s1. The van der Waals surface area contributed by atoms with E-state index in [-0.39, 0.29) is 17.9 Å². The first kappa shape index (κ1) is 15.7. The molecule has 2 aliphatic heterocycles. The van der Waals surface area contributed by atoms with Crippen LogP contribution in [0.3, 0.4) is 0 Å². The lowest BCUT2D eigenvalue weighted by Gasteiger charge is -2.19. The van der Waals surface area contributed by atoms with Crippen LogP contribution in [0, 0.1) is 5.92 Å². The molecule has 1 fully saturated rings. The Morgan fingerprint density at radius 3 is 3.11 bits per heavy atom. The smallest absolute Gasteiger partial charge is 0.226 e. The van der Waals surface area contributed by atoms with Crippen LogP contribution >= 0.6 is 0 Å². The molecule has 27 heavy (non-hydrogen) atoms. The number of nitrogens with one attached hydrogen (secondary N) is 1. The van der Waals surface area contributed by atoms with Gasteiger partial charge < -0.3 is 14.8 Å². The van der Waals surface area contributed by atoms with Crippen molar-refractivity contribution in [2.24, 2.45) is 11.0 Å². The zero-order valence-electron chi connectivity index (χ0n) is 14.0. The Labute approximate surface area is 152 Å². The topological polar surface area (TPSA) is 126 Å². The predicted molar refractivity (Wildman–Crippen MR) is 92.5 cm³/mol. The van der Waals surface area contributed by atoms with Gasteiger partial charge in [-0.15, -0.1) is 0 Å². The maximum Gasteiger partial charge on any atom is 0.226 e. The van der Waals surface area contributed by atoms with Crippen LogP contribution in [-0.2, 0) is 16.0 Å². The number of nitrogens with zero attached hydrogens (tertiary/aromatic N) is 4. The van der Waals surface area contributed by atoms with Crippen LogP contribution in [0.2, 0.25) is 0 Å². The number of benzene rings is 1. The molecule has 9 heteroatoms. The van der Waals surface area contributed by atoms with Crippen LogP contribution in [0.4, 0.5) is 5.82 Å². The number of azide groups is 1. The molecular formula is C18H13N5O4. The number of fused-ring (bicyclic) bond motifs is 4. The summed E-state index contributed by atoms with van der Waals surface area (Å²) >= 11 is 0. The molecule has 3 heterocycles. The Morgan fingerprint density at radius 1 is 1.37 bits per heavy atom. The molecule has 2 amide bonds. The lowest BCUT2D eigenvalue weighted by Crippen LogP contribution is -2.20. The van der Waals surface area contributed by atoms with Gasteiger partial charge in [-0.1, -0.05) is 0 Å². The molecule has 3 atom stereocenters. The van der Waals surface area contributed by atoms with E-state index in [9.17, 15) is 9.59 Å². The number of anilines is 1. The molecule has 2 unspecified atom stereocenters. The Hall–Kier alpha value is -3.58. The Kier molecular flexibility index (Phi) is 3.32. The number of pyridine rings is 1. The molecular weight excluding hydrogens is 350 g/mol. The van der Waals surface area contributed by atoms with Gasteiger partial charge in [-0.3, -0.25) is 9.59 Å². The maximum atomic E-state index is 11.8. The summed E-state index contributed by atoms with van der Waals surface area (Å²) in [7, 11) is 0. The molecule has 1 N–H and O–H groups in total. The third-order valence-electron chi connectivity index (χ3n) is 5.09. The first-order valence-electron chi connectivity index (χ1n) is 8.51. The predicted octanol–water partition coefficient (Wildman–Crippen LogP) is 3.07. The number of carbonyl (C=O) groups excluding carboxylic acids is 2. The van der Waals surface area contributed by atoms with Gasteiger partial charge in [0.2, 0.25) is 11.8 Å². The van der Waals surface area contributed by atoms with Crippen molar-refractivity contribution in [2.45, 2.75) is 24.9 Å². The molecule has 5 rings (SSSR count). The zero-order valence-corrected chi connectivity index (χ0v) is 14.0. The van der Waals surface area contributed by atoms with Crippen LogP contribution < -0.4 is 14.8 Å². The molecule has 134 valence electrons. The molecule has 1 aliphatic carbocycles. The van der Waals surface area contributed by atoms with Gasteiger partial charge in [0.15, 0.2) is 0 Å².